The number of ether oxygens (including phenoxy) is 6. The summed E-state index contributed by atoms with van der Waals surface area (Å²) in [6, 6.07) is 3.97. The molecule has 3 aliphatic heterocycles. The van der Waals surface area contributed by atoms with Crippen LogP contribution in [-0.2, 0) is 48.0 Å². The van der Waals surface area contributed by atoms with Crippen molar-refractivity contribution in [2.75, 3.05) is 33.1 Å². The predicted molar refractivity (Wildman–Crippen MR) is 236 cm³/mol. The van der Waals surface area contributed by atoms with Gasteiger partial charge in [-0.1, -0.05) is 20.8 Å². The Kier molecular flexibility index (Phi) is 18.0. The summed E-state index contributed by atoms with van der Waals surface area (Å²) in [5, 5.41) is 61.8. The van der Waals surface area contributed by atoms with Gasteiger partial charge in [-0.15, -0.1) is 0 Å². The van der Waals surface area contributed by atoms with Gasteiger partial charge in [0.25, 0.3) is 0 Å². The lowest BCUT2D eigenvalue weighted by molar-refractivity contribution is -0.317. The summed E-state index contributed by atoms with van der Waals surface area (Å²) in [5.41, 5.74) is -4.33. The Balaban J connectivity index is 1.81. The number of benzene rings is 1. The highest BCUT2D eigenvalue weighted by Gasteiger charge is 2.53. The molecule has 6 N–H and O–H groups in total. The number of carbonyl (C=O) groups is 2. The van der Waals surface area contributed by atoms with E-state index in [-0.39, 0.29) is 42.4 Å². The van der Waals surface area contributed by atoms with Crippen LogP contribution in [-0.4, -0.2) is 173 Å². The third kappa shape index (κ3) is 12.0. The Bertz CT molecular complexity index is 1820. The first-order valence-electron chi connectivity index (χ1n) is 22.4. The molecule has 368 valence electrons. The monoisotopic (exact) mass is 932 g/mol. The highest BCUT2D eigenvalue weighted by atomic mass is 32.2. The van der Waals surface area contributed by atoms with E-state index in [9.17, 15) is 43.5 Å². The van der Waals surface area contributed by atoms with Crippen LogP contribution in [0, 0.1) is 17.8 Å². The Morgan fingerprint density at radius 2 is 1.58 bits per heavy atom. The normalized spacial score (nSPS) is 42.6. The summed E-state index contributed by atoms with van der Waals surface area (Å²) in [7, 11) is 0.390. The van der Waals surface area contributed by atoms with E-state index in [1.54, 1.807) is 62.4 Å². The first-order chi connectivity index (χ1) is 29.5. The maximum atomic E-state index is 14.4. The number of nitrogens with one attached hydrogen (secondary N) is 1. The molecule has 3 unspecified atom stereocenters. The molecule has 4 rings (SSSR count). The number of esters is 1. The lowest BCUT2D eigenvalue weighted by atomic mass is 9.77. The van der Waals surface area contributed by atoms with Crippen LogP contribution < -0.4 is 5.32 Å². The van der Waals surface area contributed by atoms with Crippen LogP contribution in [0.4, 0.5) is 5.69 Å². The molecule has 3 heterocycles. The zero-order chi connectivity index (χ0) is 48.4. The number of carbonyl (C=O) groups excluding carboxylic acids is 2. The molecule has 0 spiro atoms. The Morgan fingerprint density at radius 3 is 2.14 bits per heavy atom. The molecule has 1 amide bonds. The largest absolute Gasteiger partial charge is 0.459 e. The molecule has 3 aliphatic rings. The van der Waals surface area contributed by atoms with E-state index in [4.69, 9.17) is 28.4 Å². The second-order valence-electron chi connectivity index (χ2n) is 19.4. The molecule has 0 radical (unpaired) electrons. The van der Waals surface area contributed by atoms with Gasteiger partial charge in [-0.2, -0.15) is 4.31 Å². The smallest absolute Gasteiger partial charge is 0.311 e. The van der Waals surface area contributed by atoms with E-state index in [0.29, 0.717) is 12.2 Å². The zero-order valence-corrected chi connectivity index (χ0v) is 40.9. The van der Waals surface area contributed by atoms with Crippen molar-refractivity contribution in [1.82, 2.24) is 9.21 Å². The Morgan fingerprint density at radius 1 is 0.969 bits per heavy atom. The number of rotatable bonds is 10. The fourth-order valence-corrected chi connectivity index (χ4v) is 11.2. The molecule has 1 aromatic rings. The van der Waals surface area contributed by atoms with Gasteiger partial charge in [-0.05, 0) is 105 Å². The van der Waals surface area contributed by atoms with E-state index in [2.05, 4.69) is 5.32 Å². The number of nitrogens with zero attached hydrogens (tertiary/aromatic N) is 2. The van der Waals surface area contributed by atoms with Gasteiger partial charge in [-0.3, -0.25) is 9.59 Å². The molecule has 0 bridgehead atoms. The van der Waals surface area contributed by atoms with Crippen LogP contribution in [0.15, 0.2) is 29.2 Å². The van der Waals surface area contributed by atoms with Crippen molar-refractivity contribution in [1.29, 1.82) is 0 Å². The second-order valence-corrected chi connectivity index (χ2v) is 21.4. The van der Waals surface area contributed by atoms with E-state index in [0.717, 1.165) is 4.31 Å². The van der Waals surface area contributed by atoms with Gasteiger partial charge >= 0.3 is 5.97 Å². The highest BCUT2D eigenvalue weighted by molar-refractivity contribution is 7.89. The third-order valence-electron chi connectivity index (χ3n) is 13.9. The van der Waals surface area contributed by atoms with Crippen LogP contribution >= 0.6 is 0 Å². The number of likely N-dealkylation sites (N-methyl/N-ethyl adjacent to an activating group) is 2. The van der Waals surface area contributed by atoms with Gasteiger partial charge in [0, 0.05) is 51.7 Å². The lowest BCUT2D eigenvalue weighted by Crippen LogP contribution is -2.61. The molecular weight excluding hydrogens is 855 g/mol. The SMILES string of the molecule is CC[C@H]1OC(=O)[C@H](C)[C@@H](O[C@H]2C[C@](C)(OC)[C@@H](O)C(C)O2)[C@H](C)[C@@H](O[C@@H]2OC(C)C[C@@H](N(C)S(=O)(=O)c3ccc(NC(C)=O)cc3)C2O)[C@](C)(O)C[C@@H](C)CN(C)[C@H](C)[C@@H](O)[C@]1(C)O. The number of aliphatic hydroxyl groups is 5. The summed E-state index contributed by atoms with van der Waals surface area (Å²) >= 11 is 0. The standard InChI is InChI=1S/C45H77N3O15S/c1-15-34-45(11,55)38(51)28(6)47(12)23-24(2)21-43(9,54)40(26(4)37(27(5)41(53)61-34)62-35-22-44(10,58-14)39(52)29(7)60-35)63-42-36(50)33(20-25(3)59-42)48(13)64(56,57)32-18-16-31(17-19-32)46-30(8)49/h16-19,24-29,33-40,42,50-52,54-55H,15,20-23H2,1-14H3,(H,46,49)/t24-,25?,26+,27-,28-,29?,33-,34-,35+,36?,37+,38-,39+,40-,42+,43-,44+,45-/m1/s1. The lowest BCUT2D eigenvalue weighted by Gasteiger charge is -2.48. The highest BCUT2D eigenvalue weighted by Crippen LogP contribution is 2.40. The molecule has 0 aromatic heterocycles. The zero-order valence-electron chi connectivity index (χ0n) is 40.1. The van der Waals surface area contributed by atoms with Crippen molar-refractivity contribution in [3.63, 3.8) is 0 Å². The minimum absolute atomic E-state index is 0.0437. The summed E-state index contributed by atoms with van der Waals surface area (Å²) < 4.78 is 66.8. The summed E-state index contributed by atoms with van der Waals surface area (Å²) in [5.74, 6) is -3.45. The fourth-order valence-electron chi connectivity index (χ4n) is 9.84. The number of aliphatic hydroxyl groups excluding tert-OH is 3. The quantitative estimate of drug-likeness (QED) is 0.185. The molecule has 64 heavy (non-hydrogen) atoms. The van der Waals surface area contributed by atoms with Crippen LogP contribution in [0.1, 0.15) is 102 Å². The molecule has 3 saturated heterocycles. The van der Waals surface area contributed by atoms with Crippen molar-refractivity contribution in [2.45, 2.75) is 197 Å². The summed E-state index contributed by atoms with van der Waals surface area (Å²) in [4.78, 5) is 27.8. The predicted octanol–water partition coefficient (Wildman–Crippen LogP) is 2.62. The van der Waals surface area contributed by atoms with Crippen LogP contribution in [0.5, 0.6) is 0 Å². The number of methoxy groups -OCH3 is 1. The molecule has 3 fully saturated rings. The van der Waals surface area contributed by atoms with Crippen LogP contribution in [0.25, 0.3) is 0 Å². The molecule has 19 heteroatoms. The summed E-state index contributed by atoms with van der Waals surface area (Å²) in [6.45, 7) is 18.5. The second kappa shape index (κ2) is 21.3. The topological polar surface area (TPSA) is 243 Å². The number of amides is 1. The van der Waals surface area contributed by atoms with Gasteiger partial charge in [0.1, 0.15) is 30.0 Å². The van der Waals surface area contributed by atoms with Gasteiger partial charge in [0.2, 0.25) is 15.9 Å². The molecule has 1 aromatic carbocycles. The number of cyclic esters (lactones) is 1. The number of hydrogen-bond donors (Lipinski definition) is 6. The van der Waals surface area contributed by atoms with E-state index in [1.165, 1.54) is 52.3 Å². The molecule has 0 aliphatic carbocycles. The number of hydrogen-bond acceptors (Lipinski definition) is 16. The number of anilines is 1. The molecule has 18 nitrogen and oxygen atoms in total. The van der Waals surface area contributed by atoms with Crippen molar-refractivity contribution in [3.8, 4) is 0 Å². The maximum Gasteiger partial charge on any atom is 0.311 e. The van der Waals surface area contributed by atoms with Crippen LogP contribution in [0.3, 0.4) is 0 Å². The number of sulfonamides is 1. The van der Waals surface area contributed by atoms with Gasteiger partial charge < -0.3 is 64.2 Å². The first-order valence-corrected chi connectivity index (χ1v) is 23.9. The molecule has 0 saturated carbocycles. The van der Waals surface area contributed by atoms with Gasteiger partial charge in [0.15, 0.2) is 12.6 Å². The van der Waals surface area contributed by atoms with Crippen LogP contribution in [0.2, 0.25) is 0 Å². The van der Waals surface area contributed by atoms with Gasteiger partial charge in [-0.25, -0.2) is 8.42 Å². The van der Waals surface area contributed by atoms with Gasteiger partial charge in [0.05, 0.1) is 52.5 Å². The minimum atomic E-state index is -4.22. The average molecular weight is 932 g/mol. The minimum Gasteiger partial charge on any atom is -0.459 e. The molecule has 18 atom stereocenters. The molecular formula is C45H77N3O15S. The van der Waals surface area contributed by atoms with Crippen molar-refractivity contribution < 1.29 is 72.0 Å². The van der Waals surface area contributed by atoms with Crippen molar-refractivity contribution in [2.24, 2.45) is 17.8 Å². The maximum absolute atomic E-state index is 14.4. The third-order valence-corrected chi connectivity index (χ3v) is 15.8. The average Bonchev–Trinajstić information content (AvgIpc) is 3.21. The van der Waals surface area contributed by atoms with E-state index >= 15 is 0 Å². The Labute approximate surface area is 379 Å². The van der Waals surface area contributed by atoms with E-state index in [1.807, 2.05) is 11.8 Å². The fraction of sp³-hybridized carbons (Fsp3) is 0.822. The Hall–Kier alpha value is -2.37. The first kappa shape index (κ1) is 54.2. The van der Waals surface area contributed by atoms with Crippen molar-refractivity contribution >= 4 is 27.6 Å². The van der Waals surface area contributed by atoms with Crippen molar-refractivity contribution in [3.05, 3.63) is 24.3 Å². The summed E-state index contributed by atoms with van der Waals surface area (Å²) in [6.07, 6.45) is -11.1. The van der Waals surface area contributed by atoms with E-state index < -0.39 is 118 Å².